The predicted octanol–water partition coefficient (Wildman–Crippen LogP) is 4.56. The van der Waals surface area contributed by atoms with E-state index in [1.165, 1.54) is 5.56 Å². The summed E-state index contributed by atoms with van der Waals surface area (Å²) in [5, 5.41) is 7.73. The smallest absolute Gasteiger partial charge is 0.257 e. The molecule has 6 heteroatoms. The number of benzene rings is 1. The van der Waals surface area contributed by atoms with Crippen molar-refractivity contribution in [2.45, 2.75) is 26.0 Å². The largest absolute Gasteiger partial charge is 0.322 e. The molecule has 0 saturated heterocycles. The highest BCUT2D eigenvalue weighted by Crippen LogP contribution is 2.27. The summed E-state index contributed by atoms with van der Waals surface area (Å²) in [7, 11) is 0. The van der Waals surface area contributed by atoms with Crippen LogP contribution in [0.4, 0.5) is 5.69 Å². The summed E-state index contributed by atoms with van der Waals surface area (Å²) in [5.74, 6) is 0.523. The van der Waals surface area contributed by atoms with Gasteiger partial charge in [0.25, 0.3) is 5.91 Å². The first-order valence-corrected chi connectivity index (χ1v) is 9.70. The van der Waals surface area contributed by atoms with Gasteiger partial charge in [-0.1, -0.05) is 12.1 Å². The molecule has 0 fully saturated rings. The molecule has 1 unspecified atom stereocenters. The van der Waals surface area contributed by atoms with Crippen LogP contribution in [0.5, 0.6) is 0 Å². The summed E-state index contributed by atoms with van der Waals surface area (Å²) in [6.07, 6.45) is 3.65. The zero-order valence-electron chi connectivity index (χ0n) is 15.4. The van der Waals surface area contributed by atoms with Gasteiger partial charge < -0.3 is 5.32 Å². The van der Waals surface area contributed by atoms with E-state index in [0.29, 0.717) is 16.6 Å². The summed E-state index contributed by atoms with van der Waals surface area (Å²) in [4.78, 5) is 16.9. The second-order valence-corrected chi connectivity index (χ2v) is 7.38. The molecule has 1 aromatic carbocycles. The molecule has 26 heavy (non-hydrogen) atoms. The molecule has 0 radical (unpaired) electrons. The molecular weight excluding hydrogens is 344 g/mol. The van der Waals surface area contributed by atoms with Crippen molar-refractivity contribution < 1.29 is 4.79 Å². The van der Waals surface area contributed by atoms with Crippen LogP contribution in [-0.2, 0) is 0 Å². The first-order chi connectivity index (χ1) is 12.5. The summed E-state index contributed by atoms with van der Waals surface area (Å²) < 4.78 is 1.77. The van der Waals surface area contributed by atoms with E-state index in [4.69, 9.17) is 0 Å². The molecule has 0 bridgehead atoms. The second-order valence-electron chi connectivity index (χ2n) is 6.20. The average molecular weight is 366 g/mol. The molecule has 1 atom stereocenters. The topological polar surface area (TPSA) is 59.8 Å². The zero-order valence-corrected chi connectivity index (χ0v) is 16.2. The van der Waals surface area contributed by atoms with E-state index < -0.39 is 0 Å². The zero-order chi connectivity index (χ0) is 18.7. The van der Waals surface area contributed by atoms with Gasteiger partial charge in [0.15, 0.2) is 5.82 Å². The number of carbonyl (C=O) groups excluding carboxylic acids is 1. The summed E-state index contributed by atoms with van der Waals surface area (Å²) in [6, 6.07) is 13.5. The van der Waals surface area contributed by atoms with Crippen LogP contribution in [-0.4, -0.2) is 26.9 Å². The highest BCUT2D eigenvalue weighted by molar-refractivity contribution is 7.98. The Hall–Kier alpha value is -2.60. The lowest BCUT2D eigenvalue weighted by Gasteiger charge is -2.11. The van der Waals surface area contributed by atoms with Gasteiger partial charge in [0.2, 0.25) is 0 Å². The fourth-order valence-electron chi connectivity index (χ4n) is 2.72. The molecule has 5 nitrogen and oxygen atoms in total. The summed E-state index contributed by atoms with van der Waals surface area (Å²) in [6.45, 7) is 6.06. The number of nitrogens with zero attached hydrogens (tertiary/aromatic N) is 3. The number of hydrogen-bond acceptors (Lipinski definition) is 4. The van der Waals surface area contributed by atoms with Crippen LogP contribution in [0.1, 0.15) is 39.5 Å². The van der Waals surface area contributed by atoms with Gasteiger partial charge in [-0.2, -0.15) is 16.9 Å². The van der Waals surface area contributed by atoms with Crippen molar-refractivity contribution in [3.05, 3.63) is 71.2 Å². The summed E-state index contributed by atoms with van der Waals surface area (Å²) >= 11 is 1.77. The maximum Gasteiger partial charge on any atom is 0.257 e. The Morgan fingerprint density at radius 1 is 1.19 bits per heavy atom. The van der Waals surface area contributed by atoms with E-state index in [-0.39, 0.29) is 5.91 Å². The molecule has 2 heterocycles. The van der Waals surface area contributed by atoms with Crippen molar-refractivity contribution in [2.24, 2.45) is 0 Å². The van der Waals surface area contributed by atoms with Crippen LogP contribution in [0.25, 0.3) is 5.82 Å². The maximum atomic E-state index is 12.5. The Kier molecular flexibility index (Phi) is 5.42. The minimum Gasteiger partial charge on any atom is -0.322 e. The molecule has 0 aliphatic rings. The van der Waals surface area contributed by atoms with E-state index >= 15 is 0 Å². The van der Waals surface area contributed by atoms with Crippen LogP contribution in [0.15, 0.2) is 48.7 Å². The number of aromatic nitrogens is 3. The Labute approximate surface area is 157 Å². The van der Waals surface area contributed by atoms with E-state index in [1.807, 2.05) is 38.1 Å². The van der Waals surface area contributed by atoms with Gasteiger partial charge in [-0.05, 0) is 62.9 Å². The number of rotatable bonds is 5. The SMILES string of the molecule is CSC(C)c1cccc(NC(=O)c2ccc(-n3nc(C)cc3C)nc2)c1. The van der Waals surface area contributed by atoms with Gasteiger partial charge in [-0.25, -0.2) is 9.67 Å². The van der Waals surface area contributed by atoms with Crippen molar-refractivity contribution in [1.82, 2.24) is 14.8 Å². The second kappa shape index (κ2) is 7.74. The number of amides is 1. The van der Waals surface area contributed by atoms with Crippen molar-refractivity contribution in [2.75, 3.05) is 11.6 Å². The maximum absolute atomic E-state index is 12.5. The van der Waals surface area contributed by atoms with Crippen molar-refractivity contribution >= 4 is 23.4 Å². The lowest BCUT2D eigenvalue weighted by atomic mass is 10.1. The van der Waals surface area contributed by atoms with Crippen LogP contribution in [0, 0.1) is 13.8 Å². The van der Waals surface area contributed by atoms with Gasteiger partial charge >= 0.3 is 0 Å². The number of aryl methyl sites for hydroxylation is 2. The van der Waals surface area contributed by atoms with Gasteiger partial charge in [0, 0.05) is 22.8 Å². The molecule has 0 aliphatic heterocycles. The molecule has 134 valence electrons. The van der Waals surface area contributed by atoms with E-state index in [9.17, 15) is 4.79 Å². The number of thioether (sulfide) groups is 1. The van der Waals surface area contributed by atoms with Crippen molar-refractivity contribution in [1.29, 1.82) is 0 Å². The van der Waals surface area contributed by atoms with Crippen molar-refractivity contribution in [3.63, 3.8) is 0 Å². The Bertz CT molecular complexity index is 918. The first kappa shape index (κ1) is 18.2. The fraction of sp³-hybridized carbons (Fsp3) is 0.250. The van der Waals surface area contributed by atoms with E-state index in [1.54, 1.807) is 34.8 Å². The van der Waals surface area contributed by atoms with Gasteiger partial charge in [0.1, 0.15) is 0 Å². The Balaban J connectivity index is 1.75. The third-order valence-corrected chi connectivity index (χ3v) is 5.18. The predicted molar refractivity (Wildman–Crippen MR) is 107 cm³/mol. The van der Waals surface area contributed by atoms with Crippen LogP contribution in [0.2, 0.25) is 0 Å². The number of anilines is 1. The molecule has 0 aliphatic carbocycles. The van der Waals surface area contributed by atoms with Crippen LogP contribution >= 0.6 is 11.8 Å². The van der Waals surface area contributed by atoms with Gasteiger partial charge in [-0.3, -0.25) is 4.79 Å². The molecule has 0 spiro atoms. The average Bonchev–Trinajstić information content (AvgIpc) is 2.99. The Morgan fingerprint density at radius 3 is 2.62 bits per heavy atom. The first-order valence-electron chi connectivity index (χ1n) is 8.41. The van der Waals surface area contributed by atoms with Gasteiger partial charge in [-0.15, -0.1) is 0 Å². The lowest BCUT2D eigenvalue weighted by molar-refractivity contribution is 0.102. The lowest BCUT2D eigenvalue weighted by Crippen LogP contribution is -2.13. The third-order valence-electron chi connectivity index (χ3n) is 4.20. The number of nitrogens with one attached hydrogen (secondary N) is 1. The Morgan fingerprint density at radius 2 is 2.00 bits per heavy atom. The fourth-order valence-corrected chi connectivity index (χ4v) is 3.13. The number of hydrogen-bond donors (Lipinski definition) is 1. The third kappa shape index (κ3) is 3.96. The minimum absolute atomic E-state index is 0.175. The van der Waals surface area contributed by atoms with Gasteiger partial charge in [0.05, 0.1) is 11.3 Å². The number of pyridine rings is 1. The molecule has 3 rings (SSSR count). The monoisotopic (exact) mass is 366 g/mol. The standard InChI is InChI=1S/C20H22N4OS/c1-13-10-14(2)24(23-13)19-9-8-17(12-21-19)20(25)22-18-7-5-6-16(11-18)15(3)26-4/h5-12,15H,1-4H3,(H,22,25). The normalized spacial score (nSPS) is 12.0. The van der Waals surface area contributed by atoms with Crippen molar-refractivity contribution in [3.8, 4) is 5.82 Å². The highest BCUT2D eigenvalue weighted by atomic mass is 32.2. The molecule has 1 N–H and O–H groups in total. The molecule has 1 amide bonds. The minimum atomic E-state index is -0.175. The number of carbonyl (C=O) groups is 1. The van der Waals surface area contributed by atoms with E-state index in [2.05, 4.69) is 34.6 Å². The molecule has 3 aromatic rings. The quantitative estimate of drug-likeness (QED) is 0.719. The van der Waals surface area contributed by atoms with Crippen LogP contribution < -0.4 is 5.32 Å². The summed E-state index contributed by atoms with van der Waals surface area (Å²) in [5.41, 5.74) is 4.43. The highest BCUT2D eigenvalue weighted by Gasteiger charge is 2.10. The molecule has 0 saturated carbocycles. The van der Waals surface area contributed by atoms with Crippen LogP contribution in [0.3, 0.4) is 0 Å². The van der Waals surface area contributed by atoms with E-state index in [0.717, 1.165) is 17.1 Å². The molecular formula is C20H22N4OS. The molecule has 2 aromatic heterocycles.